The smallest absolute Gasteiger partial charge is 4.00 e. The molecule has 0 amide bonds. The molecule has 3 N–H and O–H groups in total. The maximum absolute atomic E-state index is 12.1. The monoisotopic (exact) mass is 541 g/mol. The van der Waals surface area contributed by atoms with E-state index in [4.69, 9.17) is 17.2 Å². The molecule has 0 aliphatic rings. The molecule has 0 spiro atoms. The molecule has 0 saturated heterocycles. The summed E-state index contributed by atoms with van der Waals surface area (Å²) in [5.74, 6) is 0. The molecule has 3 nitrogen and oxygen atoms in total. The van der Waals surface area contributed by atoms with Crippen LogP contribution in [0.4, 0.5) is 26.3 Å². The Hall–Kier alpha value is 0.236. The molecule has 1 aromatic rings. The molecule has 0 radical (unpaired) electrons. The number of hydrogen-bond acceptors (Lipinski definition) is 0. The van der Waals surface area contributed by atoms with Crippen LogP contribution in [0.25, 0.3) is 17.2 Å². The van der Waals surface area contributed by atoms with Crippen molar-refractivity contribution in [1.82, 2.24) is 0 Å². The molecule has 0 heterocycles. The first-order chi connectivity index (χ1) is 11.4. The first kappa shape index (κ1) is 34.7. The van der Waals surface area contributed by atoms with Gasteiger partial charge in [0.1, 0.15) is 0 Å². The molecule has 0 fully saturated rings. The normalized spacial score (nSPS) is 11.1. The van der Waals surface area contributed by atoms with Crippen molar-refractivity contribution in [1.29, 1.82) is 0 Å². The van der Waals surface area contributed by atoms with Crippen molar-refractivity contribution in [2.24, 2.45) is 0 Å². The number of nitrogens with one attached hydrogen (secondary N) is 3. The van der Waals surface area contributed by atoms with Gasteiger partial charge in [-0.1, -0.05) is 41.5 Å². The summed E-state index contributed by atoms with van der Waals surface area (Å²) in [6.45, 7) is 11.0. The van der Waals surface area contributed by atoms with Gasteiger partial charge in [0.2, 0.25) is 0 Å². The minimum Gasteiger partial charge on any atom is 4.00 e. The molecule has 0 unspecified atom stereocenters. The van der Waals surface area contributed by atoms with Crippen LogP contribution in [0.15, 0.2) is 24.3 Å². The van der Waals surface area contributed by atoms with E-state index in [1.165, 1.54) is 12.1 Å². The summed E-state index contributed by atoms with van der Waals surface area (Å²) in [6, 6.07) is 4.41. The zero-order valence-electron chi connectivity index (χ0n) is 16.4. The number of alkyl halides is 6. The minimum atomic E-state index is -5.46. The second-order valence-corrected chi connectivity index (χ2v) is 12.2. The van der Waals surface area contributed by atoms with Gasteiger partial charge in [0, 0.05) is 0 Å². The third-order valence-electron chi connectivity index (χ3n) is 1.68. The van der Waals surface area contributed by atoms with Crippen LogP contribution in [0.5, 0.6) is 0 Å². The van der Waals surface area contributed by atoms with Crippen molar-refractivity contribution in [3.05, 3.63) is 41.5 Å². The largest absolute Gasteiger partial charge is 4.00 e. The van der Waals surface area contributed by atoms with Crippen LogP contribution in [0.1, 0.15) is 41.5 Å². The van der Waals surface area contributed by atoms with Gasteiger partial charge in [0.05, 0.1) is 0 Å². The SMILES string of the molecule is CC(C)[NH-].CC(C)[NH-].CC(C)[NH-].F[C](F)(F)[GeH]([c-]1cccc1)[C](F)(F)F.[Zr+4]. The molecule has 0 aliphatic heterocycles. The number of rotatable bonds is 1. The van der Waals surface area contributed by atoms with Crippen LogP contribution in [0, 0.1) is 0 Å². The van der Waals surface area contributed by atoms with E-state index in [-0.39, 0.29) is 44.3 Å². The fourth-order valence-electron chi connectivity index (χ4n) is 1.14. The maximum atomic E-state index is 12.1. The van der Waals surface area contributed by atoms with E-state index in [0.29, 0.717) is 0 Å². The standard InChI is InChI=1S/C7H5F6Ge.3C3H8N.Zr/c8-6(9,10)14(7(11,12)13)5-3-1-2-4-5;3*1-3(2)4;/h1-4,14H;3*3-4H,1-2H3;/q4*-1;+4. The quantitative estimate of drug-likeness (QED) is 0.225. The molecule has 27 heavy (non-hydrogen) atoms. The zero-order valence-corrected chi connectivity index (χ0v) is 21.3. The Morgan fingerprint density at radius 2 is 0.852 bits per heavy atom. The summed E-state index contributed by atoms with van der Waals surface area (Å²) in [7, 11) is 0. The molecule has 158 valence electrons. The van der Waals surface area contributed by atoms with Gasteiger partial charge in [-0.3, -0.25) is 0 Å². The zero-order chi connectivity index (χ0) is 21.7. The Kier molecular flexibility index (Phi) is 22.0. The maximum Gasteiger partial charge on any atom is 4.00 e. The van der Waals surface area contributed by atoms with Crippen LogP contribution in [-0.2, 0) is 26.2 Å². The Labute approximate surface area is 182 Å². The molecule has 0 saturated carbocycles. The van der Waals surface area contributed by atoms with E-state index in [0.717, 1.165) is 12.1 Å². The molecule has 0 bridgehead atoms. The minimum absolute atomic E-state index is 0. The van der Waals surface area contributed by atoms with Gasteiger partial charge < -0.3 is 17.2 Å². The molecule has 0 aliphatic carbocycles. The molecule has 1 rings (SSSR count). The second-order valence-electron chi connectivity index (χ2n) is 6.20. The van der Waals surface area contributed by atoms with E-state index < -0.39 is 28.8 Å². The van der Waals surface area contributed by atoms with Gasteiger partial charge in [-0.15, -0.1) is 18.1 Å². The summed E-state index contributed by atoms with van der Waals surface area (Å²) in [5.41, 5.74) is 19.8. The van der Waals surface area contributed by atoms with Gasteiger partial charge in [0.25, 0.3) is 0 Å². The molecule has 11 heteroatoms. The van der Waals surface area contributed by atoms with Gasteiger partial charge >= 0.3 is 106 Å². The van der Waals surface area contributed by atoms with Crippen molar-refractivity contribution in [2.75, 3.05) is 0 Å². The molecular formula is C16H29F6GeN3Zr. The van der Waals surface area contributed by atoms with Crippen LogP contribution in [-0.4, -0.2) is 42.5 Å². The number of hydrogen-bond donors (Lipinski definition) is 0. The van der Waals surface area contributed by atoms with E-state index in [1.54, 1.807) is 0 Å². The van der Waals surface area contributed by atoms with Crippen LogP contribution in [0.3, 0.4) is 0 Å². The Morgan fingerprint density at radius 3 is 1.00 bits per heavy atom. The third kappa shape index (κ3) is 28.5. The first-order valence-electron chi connectivity index (χ1n) is 7.91. The fraction of sp³-hybridized carbons (Fsp3) is 0.688. The van der Waals surface area contributed by atoms with Gasteiger partial charge in [-0.25, -0.2) is 0 Å². The van der Waals surface area contributed by atoms with Crippen molar-refractivity contribution in [2.45, 2.75) is 69.7 Å². The van der Waals surface area contributed by atoms with Gasteiger partial charge in [-0.2, -0.15) is 0 Å². The predicted molar refractivity (Wildman–Crippen MR) is 99.3 cm³/mol. The molecule has 0 aromatic heterocycles. The van der Waals surface area contributed by atoms with Crippen LogP contribution >= 0.6 is 0 Å². The van der Waals surface area contributed by atoms with Crippen LogP contribution < -0.4 is 4.40 Å². The average Bonchev–Trinajstić information content (AvgIpc) is 2.74. The Balaban J connectivity index is -0.000000169. The van der Waals surface area contributed by atoms with E-state index in [9.17, 15) is 26.3 Å². The second kappa shape index (κ2) is 17.1. The summed E-state index contributed by atoms with van der Waals surface area (Å²) in [5, 5.41) is -10.2. The third-order valence-corrected chi connectivity index (χ3v) is 6.63. The topological polar surface area (TPSA) is 71.4 Å². The summed E-state index contributed by atoms with van der Waals surface area (Å²) in [6.07, 6.45) is 0. The van der Waals surface area contributed by atoms with E-state index >= 15 is 0 Å². The Bertz CT molecular complexity index is 384. The van der Waals surface area contributed by atoms with E-state index in [1.807, 2.05) is 41.5 Å². The Morgan fingerprint density at radius 1 is 0.667 bits per heavy atom. The molecule has 1 aromatic carbocycles. The molecule has 0 atom stereocenters. The number of halogens is 6. The van der Waals surface area contributed by atoms with Gasteiger partial charge in [-0.05, 0) is 0 Å². The van der Waals surface area contributed by atoms with Crippen molar-refractivity contribution in [3.8, 4) is 0 Å². The van der Waals surface area contributed by atoms with Crippen molar-refractivity contribution in [3.63, 3.8) is 0 Å². The van der Waals surface area contributed by atoms with E-state index in [2.05, 4.69) is 0 Å². The predicted octanol–water partition coefficient (Wildman–Crippen LogP) is 6.38. The van der Waals surface area contributed by atoms with Crippen molar-refractivity contribution >= 4 is 18.7 Å². The molecular weight excluding hydrogens is 512 g/mol. The summed E-state index contributed by atoms with van der Waals surface area (Å²) < 4.78 is 72.3. The summed E-state index contributed by atoms with van der Waals surface area (Å²) >= 11 is -5.46. The summed E-state index contributed by atoms with van der Waals surface area (Å²) in [4.78, 5) is 0. The van der Waals surface area contributed by atoms with Crippen LogP contribution in [0.2, 0.25) is 0 Å². The van der Waals surface area contributed by atoms with Crippen molar-refractivity contribution < 1.29 is 52.5 Å². The fourth-order valence-corrected chi connectivity index (χ4v) is 4.78. The average molecular weight is 541 g/mol. The van der Waals surface area contributed by atoms with Gasteiger partial charge in [0.15, 0.2) is 0 Å². The first-order valence-corrected chi connectivity index (χ1v) is 11.5.